The van der Waals surface area contributed by atoms with Crippen molar-refractivity contribution in [2.45, 2.75) is 30.5 Å². The quantitative estimate of drug-likeness (QED) is 0.847. The van der Waals surface area contributed by atoms with Gasteiger partial charge in [-0.3, -0.25) is 0 Å². The highest BCUT2D eigenvalue weighted by molar-refractivity contribution is 7.98. The van der Waals surface area contributed by atoms with Gasteiger partial charge in [0.1, 0.15) is 5.82 Å². The van der Waals surface area contributed by atoms with E-state index in [0.29, 0.717) is 0 Å². The summed E-state index contributed by atoms with van der Waals surface area (Å²) in [6.07, 6.45) is 1.91. The smallest absolute Gasteiger partial charge is 0.138 e. The maximum absolute atomic E-state index is 6.14. The maximum Gasteiger partial charge on any atom is 0.138 e. The summed E-state index contributed by atoms with van der Waals surface area (Å²) in [5, 5.41) is 3.98. The lowest BCUT2D eigenvalue weighted by Gasteiger charge is -2.13. The second kappa shape index (κ2) is 7.07. The Morgan fingerprint density at radius 2 is 2.10 bits per heavy atom. The molecule has 0 aliphatic heterocycles. The molecule has 0 radical (unpaired) electrons. The first-order valence-electron chi connectivity index (χ1n) is 6.49. The van der Waals surface area contributed by atoms with Gasteiger partial charge >= 0.3 is 0 Å². The van der Waals surface area contributed by atoms with Gasteiger partial charge in [-0.1, -0.05) is 23.7 Å². The minimum atomic E-state index is 0.264. The van der Waals surface area contributed by atoms with Crippen LogP contribution < -0.4 is 5.32 Å². The lowest BCUT2D eigenvalue weighted by atomic mass is 10.1. The zero-order chi connectivity index (χ0) is 14.5. The highest BCUT2D eigenvalue weighted by Crippen LogP contribution is 2.28. The lowest BCUT2D eigenvalue weighted by Crippen LogP contribution is -2.15. The molecule has 2 aromatic rings. The monoisotopic (exact) mass is 307 g/mol. The Bertz CT molecular complexity index is 589. The molecule has 0 spiro atoms. The standard InChI is InChI=1S/C15H18ClN3S/c1-10(17-3)12-8-18-15(19-11(12)2)9-20-14-7-5-4-6-13(14)16/h4-8,10,17H,9H2,1-3H3. The van der Waals surface area contributed by atoms with Crippen molar-refractivity contribution >= 4 is 23.4 Å². The number of aryl methyl sites for hydroxylation is 1. The summed E-state index contributed by atoms with van der Waals surface area (Å²) < 4.78 is 0. The van der Waals surface area contributed by atoms with Gasteiger partial charge in [-0.15, -0.1) is 11.8 Å². The number of nitrogens with zero attached hydrogens (tertiary/aromatic N) is 2. The van der Waals surface area contributed by atoms with Crippen molar-refractivity contribution in [1.29, 1.82) is 0 Å². The van der Waals surface area contributed by atoms with Crippen molar-refractivity contribution in [1.82, 2.24) is 15.3 Å². The van der Waals surface area contributed by atoms with E-state index in [1.165, 1.54) is 0 Å². The third kappa shape index (κ3) is 3.72. The van der Waals surface area contributed by atoms with E-state index in [1.807, 2.05) is 44.4 Å². The van der Waals surface area contributed by atoms with Crippen LogP contribution in [0.15, 0.2) is 35.4 Å². The molecular formula is C15H18ClN3S. The van der Waals surface area contributed by atoms with Crippen LogP contribution in [-0.4, -0.2) is 17.0 Å². The molecule has 2 rings (SSSR count). The molecule has 1 unspecified atom stereocenters. The predicted molar refractivity (Wildman–Crippen MR) is 85.3 cm³/mol. The first-order chi connectivity index (χ1) is 9.61. The number of halogens is 1. The van der Waals surface area contributed by atoms with E-state index in [0.717, 1.165) is 32.8 Å². The SMILES string of the molecule is CNC(C)c1cnc(CSc2ccccc2Cl)nc1C. The summed E-state index contributed by atoms with van der Waals surface area (Å²) in [5.74, 6) is 1.55. The van der Waals surface area contributed by atoms with E-state index in [-0.39, 0.29) is 6.04 Å². The molecule has 1 atom stereocenters. The molecule has 106 valence electrons. The van der Waals surface area contributed by atoms with Crippen LogP contribution in [0.5, 0.6) is 0 Å². The Morgan fingerprint density at radius 3 is 2.75 bits per heavy atom. The Hall–Kier alpha value is -1.10. The molecule has 5 heteroatoms. The molecule has 1 N–H and O–H groups in total. The molecule has 1 heterocycles. The van der Waals surface area contributed by atoms with E-state index < -0.39 is 0 Å². The molecule has 1 aromatic heterocycles. The summed E-state index contributed by atoms with van der Waals surface area (Å²) in [7, 11) is 1.94. The van der Waals surface area contributed by atoms with Crippen molar-refractivity contribution in [3.63, 3.8) is 0 Å². The predicted octanol–water partition coefficient (Wildman–Crippen LogP) is 4.01. The molecule has 0 bridgehead atoms. The summed E-state index contributed by atoms with van der Waals surface area (Å²) in [6, 6.07) is 8.09. The average Bonchev–Trinajstić information content (AvgIpc) is 2.46. The van der Waals surface area contributed by atoms with Crippen molar-refractivity contribution in [3.8, 4) is 0 Å². The molecule has 0 fully saturated rings. The normalized spacial score (nSPS) is 12.4. The molecule has 0 amide bonds. The van der Waals surface area contributed by atoms with Gasteiger partial charge < -0.3 is 5.32 Å². The van der Waals surface area contributed by atoms with Crippen molar-refractivity contribution < 1.29 is 0 Å². The van der Waals surface area contributed by atoms with Crippen LogP contribution in [0.1, 0.15) is 30.0 Å². The number of rotatable bonds is 5. The molecule has 0 saturated heterocycles. The van der Waals surface area contributed by atoms with Gasteiger partial charge in [-0.2, -0.15) is 0 Å². The van der Waals surface area contributed by atoms with Gasteiger partial charge in [0.15, 0.2) is 0 Å². The Labute approximate surface area is 129 Å². The first-order valence-corrected chi connectivity index (χ1v) is 7.85. The van der Waals surface area contributed by atoms with Gasteiger partial charge in [0.2, 0.25) is 0 Å². The number of thioether (sulfide) groups is 1. The van der Waals surface area contributed by atoms with Gasteiger partial charge in [0.05, 0.1) is 10.8 Å². The van der Waals surface area contributed by atoms with Crippen LogP contribution in [0.4, 0.5) is 0 Å². The molecule has 3 nitrogen and oxygen atoms in total. The number of hydrogen-bond donors (Lipinski definition) is 1. The molecule has 1 aromatic carbocycles. The van der Waals surface area contributed by atoms with E-state index >= 15 is 0 Å². The summed E-state index contributed by atoms with van der Waals surface area (Å²) in [4.78, 5) is 10.1. The van der Waals surface area contributed by atoms with Gasteiger partial charge in [0, 0.05) is 28.4 Å². The molecule has 0 aliphatic carbocycles. The van der Waals surface area contributed by atoms with Crippen LogP contribution in [-0.2, 0) is 5.75 Å². The maximum atomic E-state index is 6.14. The molecule has 0 saturated carbocycles. The third-order valence-electron chi connectivity index (χ3n) is 3.16. The Kier molecular flexibility index (Phi) is 5.40. The number of benzene rings is 1. The van der Waals surface area contributed by atoms with Crippen molar-refractivity contribution in [2.75, 3.05) is 7.05 Å². The fraction of sp³-hybridized carbons (Fsp3) is 0.333. The molecule has 0 aliphatic rings. The zero-order valence-corrected chi connectivity index (χ0v) is 13.4. The highest BCUT2D eigenvalue weighted by atomic mass is 35.5. The van der Waals surface area contributed by atoms with Crippen LogP contribution in [0.25, 0.3) is 0 Å². The second-order valence-electron chi connectivity index (χ2n) is 4.56. The fourth-order valence-electron chi connectivity index (χ4n) is 1.88. The minimum Gasteiger partial charge on any atom is -0.313 e. The third-order valence-corrected chi connectivity index (χ3v) is 4.67. The minimum absolute atomic E-state index is 0.264. The Balaban J connectivity index is 2.08. The van der Waals surface area contributed by atoms with Crippen LogP contribution >= 0.6 is 23.4 Å². The molecule has 20 heavy (non-hydrogen) atoms. The molecular weight excluding hydrogens is 290 g/mol. The Morgan fingerprint density at radius 1 is 1.35 bits per heavy atom. The summed E-state index contributed by atoms with van der Waals surface area (Å²) in [5.41, 5.74) is 2.16. The van der Waals surface area contributed by atoms with E-state index in [1.54, 1.807) is 11.8 Å². The van der Waals surface area contributed by atoms with Gasteiger partial charge in [-0.25, -0.2) is 9.97 Å². The van der Waals surface area contributed by atoms with E-state index in [2.05, 4.69) is 22.2 Å². The van der Waals surface area contributed by atoms with Crippen LogP contribution in [0.3, 0.4) is 0 Å². The zero-order valence-electron chi connectivity index (χ0n) is 11.9. The largest absolute Gasteiger partial charge is 0.313 e. The number of aromatic nitrogens is 2. The second-order valence-corrected chi connectivity index (χ2v) is 5.98. The number of hydrogen-bond acceptors (Lipinski definition) is 4. The fourth-order valence-corrected chi connectivity index (χ4v) is 2.98. The highest BCUT2D eigenvalue weighted by Gasteiger charge is 2.09. The van der Waals surface area contributed by atoms with E-state index in [4.69, 9.17) is 11.6 Å². The van der Waals surface area contributed by atoms with Gasteiger partial charge in [-0.05, 0) is 33.0 Å². The van der Waals surface area contributed by atoms with Crippen molar-refractivity contribution in [3.05, 3.63) is 52.6 Å². The van der Waals surface area contributed by atoms with Gasteiger partial charge in [0.25, 0.3) is 0 Å². The first kappa shape index (κ1) is 15.3. The van der Waals surface area contributed by atoms with Crippen molar-refractivity contribution in [2.24, 2.45) is 0 Å². The van der Waals surface area contributed by atoms with E-state index in [9.17, 15) is 0 Å². The topological polar surface area (TPSA) is 37.8 Å². The average molecular weight is 308 g/mol. The van der Waals surface area contributed by atoms with Crippen LogP contribution in [0.2, 0.25) is 5.02 Å². The number of nitrogens with one attached hydrogen (secondary N) is 1. The van der Waals surface area contributed by atoms with Crippen LogP contribution in [0, 0.1) is 6.92 Å². The summed E-state index contributed by atoms with van der Waals surface area (Å²) in [6.45, 7) is 4.12. The summed E-state index contributed by atoms with van der Waals surface area (Å²) >= 11 is 7.79. The lowest BCUT2D eigenvalue weighted by molar-refractivity contribution is 0.639.